The fourth-order valence-corrected chi connectivity index (χ4v) is 3.07. The minimum absolute atomic E-state index is 0.385. The lowest BCUT2D eigenvalue weighted by atomic mass is 10.1. The van der Waals surface area contributed by atoms with E-state index in [1.54, 1.807) is 32.4 Å². The summed E-state index contributed by atoms with van der Waals surface area (Å²) in [5.41, 5.74) is 8.31. The number of ether oxygens (including phenoxy) is 2. The molecule has 0 fully saturated rings. The predicted molar refractivity (Wildman–Crippen MR) is 118 cm³/mol. The molecule has 0 aliphatic carbocycles. The molecule has 0 spiro atoms. The van der Waals surface area contributed by atoms with Crippen molar-refractivity contribution >= 4 is 46.2 Å². The normalized spacial score (nSPS) is 10.5. The van der Waals surface area contributed by atoms with Crippen LogP contribution in [0.1, 0.15) is 5.56 Å². The molecule has 0 radical (unpaired) electrons. The molecule has 1 aromatic heterocycles. The largest absolute Gasteiger partial charge is 0.493 e. The van der Waals surface area contributed by atoms with Crippen LogP contribution in [0.4, 0.5) is 23.0 Å². The van der Waals surface area contributed by atoms with Crippen LogP contribution in [0.25, 0.3) is 0 Å². The Kier molecular flexibility index (Phi) is 6.85. The Morgan fingerprint density at radius 2 is 1.76 bits per heavy atom. The Morgan fingerprint density at radius 1 is 1.00 bits per heavy atom. The Balaban J connectivity index is 1.68. The number of nitrogens with one attached hydrogen (secondary N) is 2. The van der Waals surface area contributed by atoms with E-state index in [0.29, 0.717) is 51.1 Å². The second-order valence-electron chi connectivity index (χ2n) is 6.08. The van der Waals surface area contributed by atoms with Crippen molar-refractivity contribution in [2.75, 3.05) is 37.1 Å². The summed E-state index contributed by atoms with van der Waals surface area (Å²) in [4.78, 5) is 8.42. The topological polar surface area (TPSA) is 94.3 Å². The lowest BCUT2D eigenvalue weighted by molar-refractivity contribution is 0.354. The van der Waals surface area contributed by atoms with Crippen molar-refractivity contribution in [1.82, 2.24) is 9.97 Å². The van der Waals surface area contributed by atoms with Gasteiger partial charge in [-0.25, -0.2) is 9.97 Å². The first-order valence-corrected chi connectivity index (χ1v) is 9.55. The summed E-state index contributed by atoms with van der Waals surface area (Å²) in [6.45, 7) is 0.619. The molecule has 0 bridgehead atoms. The van der Waals surface area contributed by atoms with E-state index in [1.807, 2.05) is 18.2 Å². The first kappa shape index (κ1) is 20.8. The maximum absolute atomic E-state index is 6.22. The van der Waals surface area contributed by atoms with Gasteiger partial charge in [-0.2, -0.15) is 0 Å². The number of halogens is 2. The lowest BCUT2D eigenvalue weighted by Gasteiger charge is -2.14. The van der Waals surface area contributed by atoms with Gasteiger partial charge < -0.3 is 25.8 Å². The molecule has 2 aromatic carbocycles. The van der Waals surface area contributed by atoms with Crippen molar-refractivity contribution in [1.29, 1.82) is 0 Å². The highest BCUT2D eigenvalue weighted by Gasteiger charge is 2.11. The summed E-state index contributed by atoms with van der Waals surface area (Å²) in [7, 11) is 3.22. The number of nitrogens with two attached hydrogens (primary N) is 1. The van der Waals surface area contributed by atoms with E-state index >= 15 is 0 Å². The van der Waals surface area contributed by atoms with Crippen molar-refractivity contribution in [3.05, 3.63) is 58.3 Å². The Morgan fingerprint density at radius 3 is 2.52 bits per heavy atom. The summed E-state index contributed by atoms with van der Waals surface area (Å²) in [6.07, 6.45) is 2.17. The van der Waals surface area contributed by atoms with Crippen molar-refractivity contribution in [2.24, 2.45) is 0 Å². The van der Waals surface area contributed by atoms with Gasteiger partial charge in [0.1, 0.15) is 12.0 Å². The summed E-state index contributed by atoms with van der Waals surface area (Å²) in [6, 6.07) is 11.1. The zero-order chi connectivity index (χ0) is 20.8. The molecular formula is C20H21Cl2N5O2. The van der Waals surface area contributed by atoms with Gasteiger partial charge in [-0.3, -0.25) is 0 Å². The smallest absolute Gasteiger partial charge is 0.160 e. The van der Waals surface area contributed by atoms with Crippen LogP contribution in [0.15, 0.2) is 42.7 Å². The Labute approximate surface area is 179 Å². The lowest BCUT2D eigenvalue weighted by Crippen LogP contribution is -2.11. The minimum atomic E-state index is 0.385. The van der Waals surface area contributed by atoms with Gasteiger partial charge in [0.05, 0.1) is 30.0 Å². The van der Waals surface area contributed by atoms with E-state index in [9.17, 15) is 0 Å². The van der Waals surface area contributed by atoms with Gasteiger partial charge in [0.15, 0.2) is 23.1 Å². The summed E-state index contributed by atoms with van der Waals surface area (Å²) in [5, 5.41) is 7.17. The maximum atomic E-state index is 6.22. The Hall–Kier alpha value is -2.90. The molecule has 3 aromatic rings. The SMILES string of the molecule is COc1ccc(CCNc2ncnc(Nc3cccc(Cl)c3Cl)c2N)cc1OC. The van der Waals surface area contributed by atoms with Gasteiger partial charge in [-0.1, -0.05) is 35.3 Å². The number of hydrogen-bond acceptors (Lipinski definition) is 7. The van der Waals surface area contributed by atoms with E-state index in [-0.39, 0.29) is 0 Å². The molecule has 0 aliphatic rings. The van der Waals surface area contributed by atoms with Crippen molar-refractivity contribution in [3.63, 3.8) is 0 Å². The molecule has 0 aliphatic heterocycles. The summed E-state index contributed by atoms with van der Waals surface area (Å²) < 4.78 is 10.6. The highest BCUT2D eigenvalue weighted by Crippen LogP contribution is 2.33. The van der Waals surface area contributed by atoms with Crippen molar-refractivity contribution in [2.45, 2.75) is 6.42 Å². The number of hydrogen-bond donors (Lipinski definition) is 3. The molecule has 9 heteroatoms. The van der Waals surface area contributed by atoms with Crippen LogP contribution < -0.4 is 25.8 Å². The van der Waals surface area contributed by atoms with Crippen LogP contribution >= 0.6 is 23.2 Å². The van der Waals surface area contributed by atoms with Crippen LogP contribution in [0, 0.1) is 0 Å². The standard InChI is InChI=1S/C20H21Cl2N5O2/c1-28-15-7-6-12(10-16(15)29-2)8-9-24-19-18(23)20(26-11-25-19)27-14-5-3-4-13(21)17(14)22/h3-7,10-11H,8-9,23H2,1-2H3,(H2,24,25,26,27). The second-order valence-corrected chi connectivity index (χ2v) is 6.86. The molecule has 29 heavy (non-hydrogen) atoms. The van der Waals surface area contributed by atoms with Crippen LogP contribution in [0.3, 0.4) is 0 Å². The number of anilines is 4. The number of nitrogen functional groups attached to an aromatic ring is 1. The van der Waals surface area contributed by atoms with Crippen molar-refractivity contribution < 1.29 is 9.47 Å². The fraction of sp³-hybridized carbons (Fsp3) is 0.200. The molecule has 0 amide bonds. The molecular weight excluding hydrogens is 413 g/mol. The monoisotopic (exact) mass is 433 g/mol. The molecule has 0 saturated heterocycles. The van der Waals surface area contributed by atoms with Gasteiger partial charge >= 0.3 is 0 Å². The van der Waals surface area contributed by atoms with E-state index in [0.717, 1.165) is 12.0 Å². The number of rotatable bonds is 8. The Bertz CT molecular complexity index is 1000. The van der Waals surface area contributed by atoms with Gasteiger partial charge in [0, 0.05) is 6.54 Å². The highest BCUT2D eigenvalue weighted by atomic mass is 35.5. The molecule has 3 rings (SSSR count). The average Bonchev–Trinajstić information content (AvgIpc) is 2.73. The first-order valence-electron chi connectivity index (χ1n) is 8.79. The maximum Gasteiger partial charge on any atom is 0.160 e. The van der Waals surface area contributed by atoms with E-state index in [1.165, 1.54) is 6.33 Å². The third-order valence-electron chi connectivity index (χ3n) is 4.24. The van der Waals surface area contributed by atoms with Crippen molar-refractivity contribution in [3.8, 4) is 11.5 Å². The number of methoxy groups -OCH3 is 2. The second kappa shape index (κ2) is 9.54. The first-order chi connectivity index (χ1) is 14.0. The molecule has 0 atom stereocenters. The number of aromatic nitrogens is 2. The van der Waals surface area contributed by atoms with Crippen LogP contribution in [0.2, 0.25) is 10.0 Å². The third-order valence-corrected chi connectivity index (χ3v) is 5.06. The quantitative estimate of drug-likeness (QED) is 0.470. The van der Waals surface area contributed by atoms with Crippen LogP contribution in [0.5, 0.6) is 11.5 Å². The zero-order valence-electron chi connectivity index (χ0n) is 16.0. The zero-order valence-corrected chi connectivity index (χ0v) is 17.5. The number of nitrogens with zero attached hydrogens (tertiary/aromatic N) is 2. The summed E-state index contributed by atoms with van der Waals surface area (Å²) in [5.74, 6) is 2.36. The van der Waals surface area contributed by atoms with Gasteiger partial charge in [0.2, 0.25) is 0 Å². The molecule has 4 N–H and O–H groups in total. The molecule has 0 saturated carbocycles. The summed E-state index contributed by atoms with van der Waals surface area (Å²) >= 11 is 12.3. The molecule has 1 heterocycles. The average molecular weight is 434 g/mol. The van der Waals surface area contributed by atoms with E-state index in [2.05, 4.69) is 20.6 Å². The van der Waals surface area contributed by atoms with E-state index in [4.69, 9.17) is 38.4 Å². The highest BCUT2D eigenvalue weighted by molar-refractivity contribution is 6.43. The van der Waals surface area contributed by atoms with Gasteiger partial charge in [-0.15, -0.1) is 0 Å². The van der Waals surface area contributed by atoms with Gasteiger partial charge in [-0.05, 0) is 36.2 Å². The number of benzene rings is 2. The van der Waals surface area contributed by atoms with E-state index < -0.39 is 0 Å². The van der Waals surface area contributed by atoms with Crippen LogP contribution in [-0.4, -0.2) is 30.7 Å². The third kappa shape index (κ3) is 4.93. The minimum Gasteiger partial charge on any atom is -0.493 e. The van der Waals surface area contributed by atoms with Gasteiger partial charge in [0.25, 0.3) is 0 Å². The fourth-order valence-electron chi connectivity index (χ4n) is 2.73. The predicted octanol–water partition coefficient (Wildman–Crippen LogP) is 4.78. The molecule has 7 nitrogen and oxygen atoms in total. The van der Waals surface area contributed by atoms with Crippen LogP contribution in [-0.2, 0) is 6.42 Å². The molecule has 0 unspecified atom stereocenters. The molecule has 152 valence electrons.